The van der Waals surface area contributed by atoms with Crippen LogP contribution in [-0.2, 0) is 9.59 Å². The number of halogens is 2. The third-order valence-electron chi connectivity index (χ3n) is 8.81. The fourth-order valence-corrected chi connectivity index (χ4v) is 7.04. The zero-order valence-electron chi connectivity index (χ0n) is 17.8. The molecule has 1 aliphatic heterocycles. The molecule has 3 aliphatic carbocycles. The first-order valence-corrected chi connectivity index (χ1v) is 11.1. The third-order valence-corrected chi connectivity index (χ3v) is 8.81. The summed E-state index contributed by atoms with van der Waals surface area (Å²) in [6.45, 7) is 3.89. The number of alkyl halides is 2. The quantitative estimate of drug-likeness (QED) is 0.694. The monoisotopic (exact) mass is 408 g/mol. The number of carbonyl (C=O) groups excluding carboxylic acids is 2. The summed E-state index contributed by atoms with van der Waals surface area (Å²) in [6, 6.07) is 0.0206. The minimum absolute atomic E-state index is 0.0114. The highest BCUT2D eigenvalue weighted by Gasteiger charge is 2.58. The first-order valence-electron chi connectivity index (χ1n) is 11.1. The molecule has 6 atom stereocenters. The van der Waals surface area contributed by atoms with E-state index in [9.17, 15) is 18.4 Å². The maximum atomic E-state index is 13.2. The molecule has 0 aromatic carbocycles. The molecule has 29 heavy (non-hydrogen) atoms. The standard InChI is InChI=1S/C23H34F2N2O2/c1-21-9-4-5-16(21)14-6-7-18-23(3,17(14)8-10-21)11-15(19(28)26-18)20(29)27-22(2,12-24)13-25/h11,14,16-18H,4-10,12-13H2,1-3H3,(H,26,28)(H,27,29)/t14-,16-,17+,18?,21-,23+/m0/s1. The smallest absolute Gasteiger partial charge is 0.257 e. The lowest BCUT2D eigenvalue weighted by Crippen LogP contribution is -2.61. The van der Waals surface area contributed by atoms with E-state index in [1.54, 1.807) is 0 Å². The van der Waals surface area contributed by atoms with Gasteiger partial charge in [0, 0.05) is 11.5 Å². The number of nitrogens with one attached hydrogen (secondary N) is 2. The zero-order valence-corrected chi connectivity index (χ0v) is 17.8. The van der Waals surface area contributed by atoms with Crippen molar-refractivity contribution >= 4 is 11.8 Å². The molecule has 0 saturated heterocycles. The van der Waals surface area contributed by atoms with Gasteiger partial charge in [-0.3, -0.25) is 9.59 Å². The molecule has 1 unspecified atom stereocenters. The van der Waals surface area contributed by atoms with E-state index in [-0.39, 0.29) is 17.0 Å². The van der Waals surface area contributed by atoms with Gasteiger partial charge in [-0.05, 0) is 68.6 Å². The SMILES string of the molecule is CC(CF)(CF)NC(=O)C1=C[C@@]2(C)C(CC[C@@H]3[C@H]2CC[C@]2(C)CCC[C@@H]32)NC1=O. The van der Waals surface area contributed by atoms with E-state index < -0.39 is 30.7 Å². The predicted octanol–water partition coefficient (Wildman–Crippen LogP) is 3.86. The lowest BCUT2D eigenvalue weighted by molar-refractivity contribution is -0.128. The Morgan fingerprint density at radius 2 is 1.90 bits per heavy atom. The molecular weight excluding hydrogens is 374 g/mol. The normalized spacial score (nSPS) is 41.6. The minimum atomic E-state index is -1.60. The molecule has 0 spiro atoms. The van der Waals surface area contributed by atoms with Crippen LogP contribution < -0.4 is 10.6 Å². The highest BCUT2D eigenvalue weighted by Crippen LogP contribution is 2.63. The Labute approximate surface area is 172 Å². The van der Waals surface area contributed by atoms with E-state index >= 15 is 0 Å². The topological polar surface area (TPSA) is 58.2 Å². The van der Waals surface area contributed by atoms with Crippen molar-refractivity contribution in [3.05, 3.63) is 11.6 Å². The Bertz CT molecular complexity index is 734. The lowest BCUT2D eigenvalue weighted by Gasteiger charge is -2.58. The first-order chi connectivity index (χ1) is 13.7. The molecule has 2 N–H and O–H groups in total. The Kier molecular flexibility index (Phi) is 5.06. The molecule has 6 heteroatoms. The average molecular weight is 409 g/mol. The van der Waals surface area contributed by atoms with Crippen molar-refractivity contribution in [3.8, 4) is 0 Å². The van der Waals surface area contributed by atoms with Gasteiger partial charge in [0.2, 0.25) is 0 Å². The zero-order chi connectivity index (χ0) is 21.0. The number of fused-ring (bicyclic) bond motifs is 5. The molecule has 4 aliphatic rings. The van der Waals surface area contributed by atoms with Crippen molar-refractivity contribution in [3.63, 3.8) is 0 Å². The van der Waals surface area contributed by atoms with Gasteiger partial charge in [-0.25, -0.2) is 8.78 Å². The van der Waals surface area contributed by atoms with Crippen LogP contribution in [0.4, 0.5) is 8.78 Å². The van der Waals surface area contributed by atoms with Gasteiger partial charge >= 0.3 is 0 Å². The number of hydrogen-bond acceptors (Lipinski definition) is 2. The fourth-order valence-electron chi connectivity index (χ4n) is 7.04. The van der Waals surface area contributed by atoms with Gasteiger partial charge in [0.25, 0.3) is 11.8 Å². The molecular formula is C23H34F2N2O2. The highest BCUT2D eigenvalue weighted by atomic mass is 19.1. The molecule has 0 aromatic heterocycles. The summed E-state index contributed by atoms with van der Waals surface area (Å²) in [5, 5.41) is 5.46. The molecule has 1 heterocycles. The summed E-state index contributed by atoms with van der Waals surface area (Å²) in [5.41, 5.74) is -1.44. The largest absolute Gasteiger partial charge is 0.348 e. The maximum Gasteiger partial charge on any atom is 0.257 e. The van der Waals surface area contributed by atoms with Crippen molar-refractivity contribution in [2.45, 2.75) is 77.3 Å². The van der Waals surface area contributed by atoms with Crippen molar-refractivity contribution in [1.82, 2.24) is 10.6 Å². The van der Waals surface area contributed by atoms with E-state index in [0.29, 0.717) is 17.3 Å². The molecule has 162 valence electrons. The Morgan fingerprint density at radius 3 is 2.59 bits per heavy atom. The Hall–Kier alpha value is -1.46. The predicted molar refractivity (Wildman–Crippen MR) is 108 cm³/mol. The van der Waals surface area contributed by atoms with Crippen LogP contribution in [0, 0.1) is 28.6 Å². The van der Waals surface area contributed by atoms with E-state index in [1.807, 2.05) is 6.08 Å². The summed E-state index contributed by atoms with van der Waals surface area (Å²) in [4.78, 5) is 25.4. The van der Waals surface area contributed by atoms with Gasteiger partial charge < -0.3 is 10.6 Å². The van der Waals surface area contributed by atoms with Crippen molar-refractivity contribution in [2.75, 3.05) is 13.3 Å². The molecule has 0 bridgehead atoms. The van der Waals surface area contributed by atoms with Crippen LogP contribution in [-0.4, -0.2) is 36.7 Å². The summed E-state index contributed by atoms with van der Waals surface area (Å²) < 4.78 is 26.4. The fraction of sp³-hybridized carbons (Fsp3) is 0.826. The summed E-state index contributed by atoms with van der Waals surface area (Å²) in [7, 11) is 0. The van der Waals surface area contributed by atoms with Crippen LogP contribution in [0.25, 0.3) is 0 Å². The number of rotatable bonds is 4. The van der Waals surface area contributed by atoms with Crippen LogP contribution in [0.1, 0.15) is 65.7 Å². The molecule has 0 aromatic rings. The average Bonchev–Trinajstić information content (AvgIpc) is 3.09. The van der Waals surface area contributed by atoms with Crippen molar-refractivity contribution in [2.24, 2.45) is 28.6 Å². The van der Waals surface area contributed by atoms with Crippen LogP contribution in [0.3, 0.4) is 0 Å². The van der Waals surface area contributed by atoms with Gasteiger partial charge in [-0.15, -0.1) is 0 Å². The molecule has 4 nitrogen and oxygen atoms in total. The number of carbonyl (C=O) groups is 2. The van der Waals surface area contributed by atoms with E-state index in [4.69, 9.17) is 0 Å². The van der Waals surface area contributed by atoms with Gasteiger partial charge in [0.15, 0.2) is 0 Å². The van der Waals surface area contributed by atoms with Gasteiger partial charge in [-0.1, -0.05) is 26.3 Å². The minimum Gasteiger partial charge on any atom is -0.348 e. The highest BCUT2D eigenvalue weighted by molar-refractivity contribution is 6.19. The Morgan fingerprint density at radius 1 is 1.17 bits per heavy atom. The second kappa shape index (κ2) is 7.05. The summed E-state index contributed by atoms with van der Waals surface area (Å²) >= 11 is 0. The molecule has 4 rings (SSSR count). The van der Waals surface area contributed by atoms with E-state index in [0.717, 1.165) is 25.2 Å². The number of amides is 2. The second-order valence-corrected chi connectivity index (χ2v) is 10.8. The van der Waals surface area contributed by atoms with E-state index in [2.05, 4.69) is 24.5 Å². The Balaban J connectivity index is 1.64. The van der Waals surface area contributed by atoms with Crippen LogP contribution in [0.2, 0.25) is 0 Å². The van der Waals surface area contributed by atoms with E-state index in [1.165, 1.54) is 32.6 Å². The molecule has 3 saturated carbocycles. The maximum absolute atomic E-state index is 13.2. The third kappa shape index (κ3) is 3.21. The molecule has 0 radical (unpaired) electrons. The van der Waals surface area contributed by atoms with Gasteiger partial charge in [0.05, 0.1) is 5.54 Å². The van der Waals surface area contributed by atoms with Gasteiger partial charge in [0.1, 0.15) is 18.9 Å². The van der Waals surface area contributed by atoms with Crippen molar-refractivity contribution < 1.29 is 18.4 Å². The number of hydrogen-bond donors (Lipinski definition) is 2. The first kappa shape index (κ1) is 20.8. The summed E-state index contributed by atoms with van der Waals surface area (Å²) in [6.07, 6.45) is 10.1. The van der Waals surface area contributed by atoms with Crippen LogP contribution in [0.15, 0.2) is 11.6 Å². The van der Waals surface area contributed by atoms with Crippen LogP contribution >= 0.6 is 0 Å². The lowest BCUT2D eigenvalue weighted by atomic mass is 9.48. The molecule has 2 amide bonds. The van der Waals surface area contributed by atoms with Crippen LogP contribution in [0.5, 0.6) is 0 Å². The van der Waals surface area contributed by atoms with Crippen molar-refractivity contribution in [1.29, 1.82) is 0 Å². The summed E-state index contributed by atoms with van der Waals surface area (Å²) in [5.74, 6) is 0.668. The second-order valence-electron chi connectivity index (χ2n) is 10.8. The van der Waals surface area contributed by atoms with Gasteiger partial charge in [-0.2, -0.15) is 0 Å². The molecule has 3 fully saturated rings.